The third kappa shape index (κ3) is 7.17. The molecule has 0 spiro atoms. The number of morpholine rings is 1. The Labute approximate surface area is 116 Å². The second kappa shape index (κ2) is 7.93. The van der Waals surface area contributed by atoms with Crippen molar-refractivity contribution in [2.75, 3.05) is 46.1 Å². The molecule has 2 atom stereocenters. The van der Waals surface area contributed by atoms with E-state index in [1.165, 1.54) is 4.90 Å². The van der Waals surface area contributed by atoms with Crippen molar-refractivity contribution in [3.8, 4) is 0 Å². The van der Waals surface area contributed by atoms with E-state index in [1.807, 2.05) is 6.66 Å². The van der Waals surface area contributed by atoms with Crippen LogP contribution < -0.4 is 4.90 Å². The molecule has 108 valence electrons. The summed E-state index contributed by atoms with van der Waals surface area (Å²) in [5.74, 6) is 0.496. The lowest BCUT2D eigenvalue weighted by Gasteiger charge is -2.28. The molecule has 1 fully saturated rings. The zero-order valence-electron chi connectivity index (χ0n) is 12.0. The Hall–Kier alpha value is 0.490. The molecule has 1 rings (SSSR count). The van der Waals surface area contributed by atoms with Crippen molar-refractivity contribution < 1.29 is 18.7 Å². The molecule has 0 unspecified atom stereocenters. The Balaban J connectivity index is 2.28. The van der Waals surface area contributed by atoms with Crippen molar-refractivity contribution in [3.05, 3.63) is 0 Å². The van der Waals surface area contributed by atoms with E-state index in [0.717, 1.165) is 32.8 Å². The first-order chi connectivity index (χ1) is 8.39. The number of hydrogen-bond acceptors (Lipinski definition) is 4. The zero-order valence-corrected chi connectivity index (χ0v) is 13.7. The number of hydrogen-bond donors (Lipinski definition) is 1. The summed E-state index contributed by atoms with van der Waals surface area (Å²) in [6.07, 6.45) is 0.154. The molecule has 18 heavy (non-hydrogen) atoms. The largest absolute Gasteiger partial charge is 0.370 e. The maximum Gasteiger partial charge on any atom is 0.186 e. The molecule has 0 bridgehead atoms. The second-order valence-corrected chi connectivity index (χ2v) is 9.45. The number of nitrogens with one attached hydrogen (secondary N) is 1. The molecule has 1 N–H and O–H groups in total. The Morgan fingerprint density at radius 1 is 1.28 bits per heavy atom. The molecule has 1 aliphatic rings. The van der Waals surface area contributed by atoms with Crippen LogP contribution in [0.4, 0.5) is 0 Å². The first-order valence-corrected chi connectivity index (χ1v) is 9.79. The first-order valence-electron chi connectivity index (χ1n) is 6.71. The van der Waals surface area contributed by atoms with Crippen LogP contribution in [0.25, 0.3) is 0 Å². The van der Waals surface area contributed by atoms with Crippen LogP contribution in [-0.2, 0) is 25.6 Å². The minimum Gasteiger partial charge on any atom is -0.370 e. The molecule has 0 amide bonds. The van der Waals surface area contributed by atoms with Crippen molar-refractivity contribution >= 4 is 18.3 Å². The van der Waals surface area contributed by atoms with E-state index in [9.17, 15) is 0 Å². The number of ether oxygens (including phenoxy) is 1. The van der Waals surface area contributed by atoms with Gasteiger partial charge in [0.1, 0.15) is 25.7 Å². The zero-order chi connectivity index (χ0) is 13.6. The first kappa shape index (κ1) is 16.5. The lowest BCUT2D eigenvalue weighted by Crippen LogP contribution is -3.15. The van der Waals surface area contributed by atoms with Gasteiger partial charge in [0.15, 0.2) is 6.49 Å². The topological polar surface area (TPSA) is 32.1 Å². The van der Waals surface area contributed by atoms with Gasteiger partial charge in [0.2, 0.25) is 0 Å². The van der Waals surface area contributed by atoms with Crippen molar-refractivity contribution in [1.82, 2.24) is 0 Å². The van der Waals surface area contributed by atoms with E-state index in [2.05, 4.69) is 20.8 Å². The molecular formula is C12H27NO3PS+. The molecule has 4 nitrogen and oxygen atoms in total. The highest BCUT2D eigenvalue weighted by Crippen LogP contribution is 2.45. The molecule has 0 radical (unpaired) electrons. The predicted molar refractivity (Wildman–Crippen MR) is 77.9 cm³/mol. The summed E-state index contributed by atoms with van der Waals surface area (Å²) < 4.78 is 17.0. The SMILES string of the molecule is CC(C)CO[P@](C)(=S)O[C@@H](C)C[NH+]1CCOCC1. The molecule has 0 aliphatic carbocycles. The van der Waals surface area contributed by atoms with Gasteiger partial charge in [-0.3, -0.25) is 0 Å². The van der Waals surface area contributed by atoms with Crippen molar-refractivity contribution in [2.24, 2.45) is 5.92 Å². The fourth-order valence-corrected chi connectivity index (χ4v) is 3.93. The minimum absolute atomic E-state index is 0.154. The van der Waals surface area contributed by atoms with E-state index in [0.29, 0.717) is 12.5 Å². The van der Waals surface area contributed by atoms with Crippen LogP contribution in [0.1, 0.15) is 20.8 Å². The Morgan fingerprint density at radius 3 is 2.44 bits per heavy atom. The molecule has 6 heteroatoms. The molecule has 0 aromatic heterocycles. The van der Waals surface area contributed by atoms with Gasteiger partial charge < -0.3 is 18.7 Å². The van der Waals surface area contributed by atoms with Gasteiger partial charge in [-0.25, -0.2) is 0 Å². The highest BCUT2D eigenvalue weighted by atomic mass is 32.5. The van der Waals surface area contributed by atoms with Crippen LogP contribution in [0.3, 0.4) is 0 Å². The van der Waals surface area contributed by atoms with Crippen LogP contribution in [0.2, 0.25) is 0 Å². The van der Waals surface area contributed by atoms with Crippen LogP contribution in [0.5, 0.6) is 0 Å². The van der Waals surface area contributed by atoms with Crippen LogP contribution >= 0.6 is 6.49 Å². The summed E-state index contributed by atoms with van der Waals surface area (Å²) in [5.41, 5.74) is 0. The van der Waals surface area contributed by atoms with E-state index >= 15 is 0 Å². The van der Waals surface area contributed by atoms with E-state index < -0.39 is 6.49 Å². The third-order valence-corrected chi connectivity index (χ3v) is 4.73. The Bertz CT molecular complexity index is 282. The standard InChI is InChI=1S/C12H26NO3PS/c1-11(2)10-15-17(4,18)16-12(3)9-13-5-7-14-8-6-13/h11-12H,5-10H2,1-4H3/p+1/t12-,17-/m0/s1. The van der Waals surface area contributed by atoms with Gasteiger partial charge in [-0.15, -0.1) is 0 Å². The highest BCUT2D eigenvalue weighted by molar-refractivity contribution is 8.09. The van der Waals surface area contributed by atoms with Gasteiger partial charge in [0.05, 0.1) is 19.8 Å². The number of quaternary nitrogens is 1. The second-order valence-electron chi connectivity index (χ2n) is 5.44. The molecule has 0 aromatic rings. The van der Waals surface area contributed by atoms with E-state index in [4.69, 9.17) is 25.6 Å². The molecule has 1 saturated heterocycles. The van der Waals surface area contributed by atoms with Crippen molar-refractivity contribution in [3.63, 3.8) is 0 Å². The Morgan fingerprint density at radius 2 is 1.89 bits per heavy atom. The fraction of sp³-hybridized carbons (Fsp3) is 1.00. The van der Waals surface area contributed by atoms with Gasteiger partial charge >= 0.3 is 0 Å². The van der Waals surface area contributed by atoms with Crippen LogP contribution in [-0.4, -0.2) is 52.2 Å². The van der Waals surface area contributed by atoms with Crippen LogP contribution in [0.15, 0.2) is 0 Å². The number of rotatable bonds is 7. The van der Waals surface area contributed by atoms with Gasteiger partial charge in [-0.05, 0) is 24.6 Å². The third-order valence-electron chi connectivity index (χ3n) is 2.79. The summed E-state index contributed by atoms with van der Waals surface area (Å²) in [4.78, 5) is 1.53. The van der Waals surface area contributed by atoms with E-state index in [1.54, 1.807) is 0 Å². The average molecular weight is 296 g/mol. The van der Waals surface area contributed by atoms with Crippen LogP contribution in [0, 0.1) is 5.92 Å². The predicted octanol–water partition coefficient (Wildman–Crippen LogP) is 0.919. The van der Waals surface area contributed by atoms with E-state index in [-0.39, 0.29) is 6.10 Å². The summed E-state index contributed by atoms with van der Waals surface area (Å²) in [6, 6.07) is 0. The van der Waals surface area contributed by atoms with Crippen molar-refractivity contribution in [2.45, 2.75) is 26.9 Å². The maximum atomic E-state index is 5.93. The Kier molecular flexibility index (Phi) is 7.29. The van der Waals surface area contributed by atoms with Gasteiger partial charge in [0.25, 0.3) is 0 Å². The molecule has 0 saturated carbocycles. The van der Waals surface area contributed by atoms with Gasteiger partial charge in [-0.2, -0.15) is 0 Å². The molecular weight excluding hydrogens is 269 g/mol. The maximum absolute atomic E-state index is 5.93. The summed E-state index contributed by atoms with van der Waals surface area (Å²) in [5, 5.41) is 0. The quantitative estimate of drug-likeness (QED) is 0.708. The monoisotopic (exact) mass is 296 g/mol. The molecule has 1 aliphatic heterocycles. The lowest BCUT2D eigenvalue weighted by molar-refractivity contribution is -0.910. The van der Waals surface area contributed by atoms with Gasteiger partial charge in [0, 0.05) is 6.66 Å². The van der Waals surface area contributed by atoms with Crippen molar-refractivity contribution in [1.29, 1.82) is 0 Å². The average Bonchev–Trinajstić information content (AvgIpc) is 2.27. The summed E-state index contributed by atoms with van der Waals surface area (Å²) in [6.45, 7) is 11.7. The normalized spacial score (nSPS) is 22.9. The fourth-order valence-electron chi connectivity index (χ4n) is 1.95. The highest BCUT2D eigenvalue weighted by Gasteiger charge is 2.22. The lowest BCUT2D eigenvalue weighted by atomic mass is 10.2. The molecule has 0 aromatic carbocycles. The summed E-state index contributed by atoms with van der Waals surface area (Å²) in [7, 11) is 0. The summed E-state index contributed by atoms with van der Waals surface area (Å²) >= 11 is 5.44. The molecule has 1 heterocycles. The minimum atomic E-state index is -2.08. The smallest absolute Gasteiger partial charge is 0.186 e. The van der Waals surface area contributed by atoms with Gasteiger partial charge in [-0.1, -0.05) is 13.8 Å².